The smallest absolute Gasteiger partial charge is 0.264 e. The summed E-state index contributed by atoms with van der Waals surface area (Å²) in [5.74, 6) is 1.81. The maximum absolute atomic E-state index is 13.1. The number of hydrogen-bond donors (Lipinski definition) is 3. The third kappa shape index (κ3) is 5.60. The number of nitrogens with one attached hydrogen (secondary N) is 3. The molecule has 186 valence electrons. The first-order chi connectivity index (χ1) is 17.9. The molecule has 5 rings (SSSR count). The van der Waals surface area contributed by atoms with Crippen LogP contribution in [0.2, 0.25) is 0 Å². The van der Waals surface area contributed by atoms with E-state index in [1.807, 2.05) is 49.4 Å². The second kappa shape index (κ2) is 10.1. The van der Waals surface area contributed by atoms with Crippen LogP contribution in [0, 0.1) is 6.92 Å². The lowest BCUT2D eigenvalue weighted by molar-refractivity contribution is 0.415. The largest absolute Gasteiger partial charge is 0.497 e. The standard InChI is InChI=1S/C27H24N6O3S/c1-18-17-25(30-20-12-14-23(36-2)15-13-20)32-27(29-18)31-21-8-10-22(11-9-21)33-37(34,35)24-7-3-5-19-6-4-16-28-26(19)24/h3-17,33H,1-2H3,(H2,29,30,31,32). The molecule has 3 N–H and O–H groups in total. The minimum atomic E-state index is -3.83. The van der Waals surface area contributed by atoms with Crippen molar-refractivity contribution in [1.82, 2.24) is 15.0 Å². The van der Waals surface area contributed by atoms with Gasteiger partial charge in [0.2, 0.25) is 5.95 Å². The van der Waals surface area contributed by atoms with E-state index in [2.05, 4.69) is 30.3 Å². The van der Waals surface area contributed by atoms with Crippen molar-refractivity contribution in [2.24, 2.45) is 0 Å². The summed E-state index contributed by atoms with van der Waals surface area (Å²) in [4.78, 5) is 13.3. The highest BCUT2D eigenvalue weighted by Crippen LogP contribution is 2.25. The normalized spacial score (nSPS) is 11.2. The number of aromatic nitrogens is 3. The number of pyridine rings is 1. The van der Waals surface area contributed by atoms with Gasteiger partial charge in [0.15, 0.2) is 0 Å². The minimum Gasteiger partial charge on any atom is -0.497 e. The Hall–Kier alpha value is -4.70. The van der Waals surface area contributed by atoms with Gasteiger partial charge < -0.3 is 15.4 Å². The molecular formula is C27H24N6O3S. The molecule has 0 atom stereocenters. The Bertz CT molecular complexity index is 1650. The Morgan fingerprint density at radius 2 is 1.46 bits per heavy atom. The zero-order valence-corrected chi connectivity index (χ0v) is 21.0. The highest BCUT2D eigenvalue weighted by molar-refractivity contribution is 7.93. The Balaban J connectivity index is 1.30. The molecule has 3 aromatic carbocycles. The van der Waals surface area contributed by atoms with Gasteiger partial charge in [0.05, 0.1) is 12.6 Å². The van der Waals surface area contributed by atoms with Gasteiger partial charge in [-0.15, -0.1) is 0 Å². The van der Waals surface area contributed by atoms with E-state index >= 15 is 0 Å². The molecule has 0 saturated heterocycles. The number of nitrogens with zero attached hydrogens (tertiary/aromatic N) is 3. The highest BCUT2D eigenvalue weighted by Gasteiger charge is 2.18. The first kappa shape index (κ1) is 24.0. The van der Waals surface area contributed by atoms with Crippen LogP contribution in [0.1, 0.15) is 5.69 Å². The zero-order chi connectivity index (χ0) is 25.8. The Kier molecular flexibility index (Phi) is 6.57. The number of methoxy groups -OCH3 is 1. The van der Waals surface area contributed by atoms with Crippen molar-refractivity contribution in [2.75, 3.05) is 22.5 Å². The van der Waals surface area contributed by atoms with E-state index in [4.69, 9.17) is 4.74 Å². The molecule has 0 fully saturated rings. The first-order valence-electron chi connectivity index (χ1n) is 11.4. The molecule has 0 amide bonds. The van der Waals surface area contributed by atoms with Gasteiger partial charge in [-0.05, 0) is 67.6 Å². The van der Waals surface area contributed by atoms with Crippen LogP contribution in [0.3, 0.4) is 0 Å². The molecule has 5 aromatic rings. The number of benzene rings is 3. The van der Waals surface area contributed by atoms with Crippen LogP contribution in [0.25, 0.3) is 10.9 Å². The summed E-state index contributed by atoms with van der Waals surface area (Å²) in [6.07, 6.45) is 1.58. The van der Waals surface area contributed by atoms with Gasteiger partial charge in [0.1, 0.15) is 16.5 Å². The number of ether oxygens (including phenoxy) is 1. The van der Waals surface area contributed by atoms with E-state index in [0.717, 1.165) is 22.5 Å². The van der Waals surface area contributed by atoms with E-state index in [1.54, 1.807) is 55.8 Å². The van der Waals surface area contributed by atoms with Crippen molar-refractivity contribution >= 4 is 49.8 Å². The second-order valence-corrected chi connectivity index (χ2v) is 9.86. The van der Waals surface area contributed by atoms with Crippen LogP contribution in [0.4, 0.5) is 28.8 Å². The summed E-state index contributed by atoms with van der Waals surface area (Å²) in [6, 6.07) is 24.9. The lowest BCUT2D eigenvalue weighted by Crippen LogP contribution is -2.13. The predicted octanol–water partition coefficient (Wildman–Crippen LogP) is 5.63. The number of anilines is 5. The Labute approximate surface area is 214 Å². The second-order valence-electron chi connectivity index (χ2n) is 8.21. The van der Waals surface area contributed by atoms with Gasteiger partial charge in [-0.1, -0.05) is 18.2 Å². The first-order valence-corrected chi connectivity index (χ1v) is 12.9. The maximum Gasteiger partial charge on any atom is 0.264 e. The van der Waals surface area contributed by atoms with Crippen LogP contribution < -0.4 is 20.1 Å². The molecule has 0 aliphatic heterocycles. The molecule has 2 aromatic heterocycles. The van der Waals surface area contributed by atoms with Crippen molar-refractivity contribution in [3.05, 3.63) is 96.8 Å². The van der Waals surface area contributed by atoms with Gasteiger partial charge in [0.25, 0.3) is 10.0 Å². The fraction of sp³-hybridized carbons (Fsp3) is 0.0741. The number of hydrogen-bond acceptors (Lipinski definition) is 8. The molecule has 0 radical (unpaired) electrons. The van der Waals surface area contributed by atoms with E-state index in [0.29, 0.717) is 28.7 Å². The molecule has 0 aliphatic carbocycles. The van der Waals surface area contributed by atoms with Crippen molar-refractivity contribution in [2.45, 2.75) is 11.8 Å². The third-order valence-electron chi connectivity index (χ3n) is 5.50. The van der Waals surface area contributed by atoms with E-state index in [-0.39, 0.29) is 4.90 Å². The van der Waals surface area contributed by atoms with Crippen LogP contribution in [0.5, 0.6) is 5.75 Å². The van der Waals surface area contributed by atoms with Crippen LogP contribution in [-0.2, 0) is 10.0 Å². The number of rotatable bonds is 8. The minimum absolute atomic E-state index is 0.123. The Morgan fingerprint density at radius 3 is 2.22 bits per heavy atom. The third-order valence-corrected chi connectivity index (χ3v) is 6.91. The number of fused-ring (bicyclic) bond motifs is 1. The van der Waals surface area contributed by atoms with Crippen LogP contribution in [0.15, 0.2) is 96.0 Å². The van der Waals surface area contributed by atoms with E-state index < -0.39 is 10.0 Å². The van der Waals surface area contributed by atoms with Gasteiger partial charge >= 0.3 is 0 Å². The molecule has 0 saturated carbocycles. The molecule has 2 heterocycles. The van der Waals surface area contributed by atoms with Gasteiger partial charge in [-0.3, -0.25) is 9.71 Å². The van der Waals surface area contributed by atoms with Crippen molar-refractivity contribution in [1.29, 1.82) is 0 Å². The number of sulfonamides is 1. The quantitative estimate of drug-likeness (QED) is 0.245. The fourth-order valence-electron chi connectivity index (χ4n) is 3.76. The lowest BCUT2D eigenvalue weighted by atomic mass is 10.2. The van der Waals surface area contributed by atoms with Crippen molar-refractivity contribution in [3.63, 3.8) is 0 Å². The van der Waals surface area contributed by atoms with E-state index in [9.17, 15) is 8.42 Å². The lowest BCUT2D eigenvalue weighted by Gasteiger charge is -2.12. The maximum atomic E-state index is 13.1. The average molecular weight is 513 g/mol. The molecule has 10 heteroatoms. The number of para-hydroxylation sites is 1. The summed E-state index contributed by atoms with van der Waals surface area (Å²) in [5.41, 5.74) is 3.19. The summed E-state index contributed by atoms with van der Waals surface area (Å²) >= 11 is 0. The summed E-state index contributed by atoms with van der Waals surface area (Å²) in [5, 5.41) is 7.18. The summed E-state index contributed by atoms with van der Waals surface area (Å²) in [6.45, 7) is 1.88. The Morgan fingerprint density at radius 1 is 0.784 bits per heavy atom. The fourth-order valence-corrected chi connectivity index (χ4v) is 5.00. The molecular weight excluding hydrogens is 488 g/mol. The highest BCUT2D eigenvalue weighted by atomic mass is 32.2. The monoisotopic (exact) mass is 512 g/mol. The average Bonchev–Trinajstić information content (AvgIpc) is 2.89. The van der Waals surface area contributed by atoms with Gasteiger partial charge in [-0.25, -0.2) is 13.4 Å². The molecule has 9 nitrogen and oxygen atoms in total. The summed E-state index contributed by atoms with van der Waals surface area (Å²) < 4.78 is 33.9. The van der Waals surface area contributed by atoms with Crippen molar-refractivity contribution in [3.8, 4) is 5.75 Å². The zero-order valence-electron chi connectivity index (χ0n) is 20.1. The topological polar surface area (TPSA) is 118 Å². The SMILES string of the molecule is COc1ccc(Nc2cc(C)nc(Nc3ccc(NS(=O)(=O)c4cccc5cccnc45)cc3)n2)cc1. The number of aryl methyl sites for hydroxylation is 1. The molecule has 0 bridgehead atoms. The predicted molar refractivity (Wildman–Crippen MR) is 145 cm³/mol. The van der Waals surface area contributed by atoms with Crippen LogP contribution in [-0.4, -0.2) is 30.5 Å². The van der Waals surface area contributed by atoms with E-state index in [1.165, 1.54) is 0 Å². The van der Waals surface area contributed by atoms with Crippen molar-refractivity contribution < 1.29 is 13.2 Å². The van der Waals surface area contributed by atoms with Gasteiger partial charge in [-0.2, -0.15) is 4.98 Å². The molecule has 0 spiro atoms. The molecule has 0 unspecified atom stereocenters. The van der Waals surface area contributed by atoms with Crippen LogP contribution >= 0.6 is 0 Å². The van der Waals surface area contributed by atoms with Gasteiger partial charge in [0, 0.05) is 40.4 Å². The summed E-state index contributed by atoms with van der Waals surface area (Å²) in [7, 11) is -2.21. The molecule has 0 aliphatic rings. The molecule has 37 heavy (non-hydrogen) atoms.